The molecule has 0 saturated heterocycles. The number of rotatable bonds is 6. The van der Waals surface area contributed by atoms with E-state index < -0.39 is 21.7 Å². The molecule has 0 radical (unpaired) electrons. The molecule has 0 bridgehead atoms. The van der Waals surface area contributed by atoms with Gasteiger partial charge in [-0.1, -0.05) is 24.3 Å². The predicted molar refractivity (Wildman–Crippen MR) is 116 cm³/mol. The van der Waals surface area contributed by atoms with Crippen LogP contribution in [0.25, 0.3) is 5.57 Å². The van der Waals surface area contributed by atoms with Gasteiger partial charge in [0.05, 0.1) is 9.79 Å². The summed E-state index contributed by atoms with van der Waals surface area (Å²) in [6.45, 7) is 1.86. The zero-order valence-corrected chi connectivity index (χ0v) is 18.3. The third kappa shape index (κ3) is 3.87. The lowest BCUT2D eigenvalue weighted by Crippen LogP contribution is -2.47. The second-order valence-electron chi connectivity index (χ2n) is 7.36. The lowest BCUT2D eigenvalue weighted by atomic mass is 9.89. The first kappa shape index (κ1) is 21.2. The Morgan fingerprint density at radius 3 is 2.35 bits per heavy atom. The molecule has 0 saturated carbocycles. The number of fused-ring (bicyclic) bond motifs is 1. The van der Waals surface area contributed by atoms with Gasteiger partial charge in [-0.05, 0) is 55.0 Å². The molecule has 1 aromatic heterocycles. The Labute approximate surface area is 182 Å². The summed E-state index contributed by atoms with van der Waals surface area (Å²) in [6, 6.07) is 17.0. The number of pyridine rings is 1. The van der Waals surface area contributed by atoms with E-state index in [0.29, 0.717) is 11.3 Å². The van der Waals surface area contributed by atoms with Crippen molar-refractivity contribution in [1.82, 2.24) is 4.98 Å². The molecule has 4 rings (SSSR count). The minimum atomic E-state index is -3.68. The van der Waals surface area contributed by atoms with Crippen LogP contribution >= 0.6 is 0 Å². The number of methoxy groups -OCH3 is 2. The average molecular weight is 438 g/mol. The highest BCUT2D eigenvalue weighted by Crippen LogP contribution is 2.42. The first-order valence-corrected chi connectivity index (χ1v) is 11.2. The largest absolute Gasteiger partial charge is 0.477 e. The van der Waals surface area contributed by atoms with Crippen molar-refractivity contribution in [2.45, 2.75) is 28.6 Å². The van der Waals surface area contributed by atoms with Crippen LogP contribution in [0, 0.1) is 0 Å². The van der Waals surface area contributed by atoms with E-state index in [1.807, 2.05) is 25.1 Å². The van der Waals surface area contributed by atoms with E-state index in [-0.39, 0.29) is 9.79 Å². The Balaban J connectivity index is 1.89. The van der Waals surface area contributed by atoms with E-state index in [1.165, 1.54) is 0 Å². The van der Waals surface area contributed by atoms with Crippen molar-refractivity contribution in [3.05, 3.63) is 90.3 Å². The molecule has 0 N–H and O–H groups in total. The Hall–Kier alpha value is -3.00. The third-order valence-electron chi connectivity index (χ3n) is 5.23. The van der Waals surface area contributed by atoms with Crippen molar-refractivity contribution in [3.8, 4) is 5.75 Å². The fraction of sp³-hybridized carbons (Fsp3) is 0.208. The van der Waals surface area contributed by atoms with Crippen LogP contribution in [0.4, 0.5) is 0 Å². The van der Waals surface area contributed by atoms with Crippen molar-refractivity contribution < 1.29 is 22.6 Å². The Kier molecular flexibility index (Phi) is 5.66. The van der Waals surface area contributed by atoms with Crippen LogP contribution in [-0.4, -0.2) is 39.5 Å². The minimum Gasteiger partial charge on any atom is -0.477 e. The Morgan fingerprint density at radius 2 is 1.71 bits per heavy atom. The molecule has 6 nitrogen and oxygen atoms in total. The van der Waals surface area contributed by atoms with Crippen molar-refractivity contribution in [2.24, 2.45) is 0 Å². The highest BCUT2D eigenvalue weighted by Gasteiger charge is 2.40. The predicted octanol–water partition coefficient (Wildman–Crippen LogP) is 4.12. The monoisotopic (exact) mass is 437 g/mol. The molecule has 3 aromatic rings. The molecule has 0 spiro atoms. The van der Waals surface area contributed by atoms with Crippen LogP contribution in [0.2, 0.25) is 0 Å². The van der Waals surface area contributed by atoms with Gasteiger partial charge in [0.1, 0.15) is 5.75 Å². The summed E-state index contributed by atoms with van der Waals surface area (Å²) in [6.07, 6.45) is 4.64. The maximum atomic E-state index is 13.2. The van der Waals surface area contributed by atoms with Gasteiger partial charge in [0.15, 0.2) is 5.60 Å². The zero-order chi connectivity index (χ0) is 22.1. The molecule has 2 aromatic carbocycles. The van der Waals surface area contributed by atoms with Gasteiger partial charge in [0.2, 0.25) is 16.1 Å². The standard InChI is InChI=1S/C24H23NO5S/c1-24(23(28-2)29-3)15-21(17-8-7-13-25-16-17)20-14-19(11-12-22(20)30-24)31(26,27)18-9-5-4-6-10-18/h4-16,23H,1-3H3. The van der Waals surface area contributed by atoms with Crippen LogP contribution in [0.3, 0.4) is 0 Å². The molecule has 31 heavy (non-hydrogen) atoms. The van der Waals surface area contributed by atoms with Gasteiger partial charge in [-0.25, -0.2) is 8.42 Å². The van der Waals surface area contributed by atoms with Crippen molar-refractivity contribution in [3.63, 3.8) is 0 Å². The van der Waals surface area contributed by atoms with Gasteiger partial charge < -0.3 is 14.2 Å². The zero-order valence-electron chi connectivity index (χ0n) is 17.5. The third-order valence-corrected chi connectivity index (χ3v) is 7.00. The molecule has 0 fully saturated rings. The second kappa shape index (κ2) is 8.26. The highest BCUT2D eigenvalue weighted by atomic mass is 32.2. The van der Waals surface area contributed by atoms with Crippen molar-refractivity contribution >= 4 is 15.4 Å². The van der Waals surface area contributed by atoms with Crippen LogP contribution in [0.5, 0.6) is 5.75 Å². The quantitative estimate of drug-likeness (QED) is 0.540. The molecule has 0 aliphatic carbocycles. The summed E-state index contributed by atoms with van der Waals surface area (Å²) in [5.41, 5.74) is 1.36. The molecular weight excluding hydrogens is 414 g/mol. The van der Waals surface area contributed by atoms with Gasteiger partial charge in [-0.2, -0.15) is 0 Å². The van der Waals surface area contributed by atoms with Crippen LogP contribution in [-0.2, 0) is 19.3 Å². The molecule has 2 heterocycles. The average Bonchev–Trinajstić information content (AvgIpc) is 2.80. The first-order chi connectivity index (χ1) is 14.9. The smallest absolute Gasteiger partial charge is 0.206 e. The maximum absolute atomic E-state index is 13.2. The second-order valence-corrected chi connectivity index (χ2v) is 9.31. The normalized spacial score (nSPS) is 18.3. The molecule has 160 valence electrons. The van der Waals surface area contributed by atoms with Gasteiger partial charge in [-0.3, -0.25) is 4.98 Å². The SMILES string of the molecule is COC(OC)C1(C)C=C(c2cccnc2)c2cc(S(=O)(=O)c3ccccc3)ccc2O1. The minimum absolute atomic E-state index is 0.189. The summed E-state index contributed by atoms with van der Waals surface area (Å²) in [5.74, 6) is 0.537. The van der Waals surface area contributed by atoms with E-state index in [4.69, 9.17) is 14.2 Å². The molecule has 7 heteroatoms. The van der Waals surface area contributed by atoms with Crippen LogP contribution in [0.1, 0.15) is 18.1 Å². The summed E-state index contributed by atoms with van der Waals surface area (Å²) >= 11 is 0. The summed E-state index contributed by atoms with van der Waals surface area (Å²) < 4.78 is 43.6. The van der Waals surface area contributed by atoms with E-state index >= 15 is 0 Å². The molecule has 1 aliphatic rings. The van der Waals surface area contributed by atoms with Gasteiger partial charge >= 0.3 is 0 Å². The van der Waals surface area contributed by atoms with Gasteiger partial charge in [0.25, 0.3) is 0 Å². The van der Waals surface area contributed by atoms with Crippen molar-refractivity contribution in [1.29, 1.82) is 0 Å². The van der Waals surface area contributed by atoms with Crippen LogP contribution < -0.4 is 4.74 Å². The van der Waals surface area contributed by atoms with Crippen molar-refractivity contribution in [2.75, 3.05) is 14.2 Å². The van der Waals surface area contributed by atoms with Crippen LogP contribution in [0.15, 0.2) is 88.9 Å². The summed E-state index contributed by atoms with van der Waals surface area (Å²) in [4.78, 5) is 4.65. The van der Waals surface area contributed by atoms with E-state index in [9.17, 15) is 8.42 Å². The Morgan fingerprint density at radius 1 is 0.968 bits per heavy atom. The number of ether oxygens (including phenoxy) is 3. The van der Waals surface area contributed by atoms with E-state index in [2.05, 4.69) is 4.98 Å². The summed E-state index contributed by atoms with van der Waals surface area (Å²) in [5, 5.41) is 0. The lowest BCUT2D eigenvalue weighted by Gasteiger charge is -2.38. The summed E-state index contributed by atoms with van der Waals surface area (Å²) in [7, 11) is -0.586. The fourth-order valence-electron chi connectivity index (χ4n) is 3.78. The maximum Gasteiger partial charge on any atom is 0.206 e. The number of aromatic nitrogens is 1. The van der Waals surface area contributed by atoms with E-state index in [0.717, 1.165) is 11.1 Å². The number of hydrogen-bond donors (Lipinski definition) is 0. The number of nitrogens with zero attached hydrogens (tertiary/aromatic N) is 1. The molecule has 1 unspecified atom stereocenters. The number of hydrogen-bond acceptors (Lipinski definition) is 6. The van der Waals surface area contributed by atoms with Gasteiger partial charge in [-0.15, -0.1) is 0 Å². The lowest BCUT2D eigenvalue weighted by molar-refractivity contribution is -0.180. The molecular formula is C24H23NO5S. The highest BCUT2D eigenvalue weighted by molar-refractivity contribution is 7.91. The molecule has 1 atom stereocenters. The Bertz CT molecular complexity index is 1210. The first-order valence-electron chi connectivity index (χ1n) is 9.71. The number of benzene rings is 2. The van der Waals surface area contributed by atoms with E-state index in [1.54, 1.807) is 75.1 Å². The molecule has 1 aliphatic heterocycles. The molecule has 0 amide bonds. The topological polar surface area (TPSA) is 74.7 Å². The fourth-order valence-corrected chi connectivity index (χ4v) is 5.09. The van der Waals surface area contributed by atoms with Gasteiger partial charge in [0, 0.05) is 37.7 Å². The number of sulfone groups is 1.